The van der Waals surface area contributed by atoms with Gasteiger partial charge in [0, 0.05) is 13.0 Å². The average molecular weight is 347 g/mol. The molecular weight excluding hydrogens is 322 g/mol. The van der Waals surface area contributed by atoms with Crippen molar-refractivity contribution in [1.29, 1.82) is 0 Å². The summed E-state index contributed by atoms with van der Waals surface area (Å²) in [7, 11) is 1.39. The van der Waals surface area contributed by atoms with E-state index in [-0.39, 0.29) is 12.1 Å². The Morgan fingerprint density at radius 1 is 1.32 bits per heavy atom. The van der Waals surface area contributed by atoms with Crippen LogP contribution in [0.2, 0.25) is 0 Å². The van der Waals surface area contributed by atoms with Gasteiger partial charge in [-0.2, -0.15) is 0 Å². The lowest BCUT2D eigenvalue weighted by atomic mass is 10.1. The summed E-state index contributed by atoms with van der Waals surface area (Å²) in [5.74, 6) is 0.543. The standard InChI is InChI=1S/C18H25N3O4/c1-5-21-15-10-13(7-9-17(22)24-4)6-8-14(15)20-16(21)11-19-18(23)25-12(2)3/h6,8,10,12H,5,7,9,11H2,1-4H3,(H,19,23). The molecule has 1 heterocycles. The highest BCUT2D eigenvalue weighted by Crippen LogP contribution is 2.19. The van der Waals surface area contributed by atoms with Crippen LogP contribution >= 0.6 is 0 Å². The lowest BCUT2D eigenvalue weighted by molar-refractivity contribution is -0.140. The molecule has 0 spiro atoms. The van der Waals surface area contributed by atoms with Crippen LogP contribution in [0.4, 0.5) is 4.79 Å². The van der Waals surface area contributed by atoms with Crippen LogP contribution in [-0.4, -0.2) is 34.8 Å². The van der Waals surface area contributed by atoms with Crippen molar-refractivity contribution in [1.82, 2.24) is 14.9 Å². The number of hydrogen-bond donors (Lipinski definition) is 1. The number of nitrogens with one attached hydrogen (secondary N) is 1. The van der Waals surface area contributed by atoms with Gasteiger partial charge in [-0.3, -0.25) is 4.79 Å². The molecule has 0 aliphatic carbocycles. The van der Waals surface area contributed by atoms with Crippen molar-refractivity contribution in [3.8, 4) is 0 Å². The van der Waals surface area contributed by atoms with Crippen LogP contribution in [0.25, 0.3) is 11.0 Å². The van der Waals surface area contributed by atoms with Gasteiger partial charge in [-0.15, -0.1) is 0 Å². The number of benzene rings is 1. The van der Waals surface area contributed by atoms with E-state index in [4.69, 9.17) is 4.74 Å². The van der Waals surface area contributed by atoms with Gasteiger partial charge >= 0.3 is 12.1 Å². The molecular formula is C18H25N3O4. The third kappa shape index (κ3) is 4.95. The Kier molecular flexibility index (Phi) is 6.38. The number of alkyl carbamates (subject to hydrolysis) is 1. The van der Waals surface area contributed by atoms with Crippen molar-refractivity contribution in [3.63, 3.8) is 0 Å². The number of aryl methyl sites for hydroxylation is 2. The fourth-order valence-electron chi connectivity index (χ4n) is 2.62. The molecule has 2 rings (SSSR count). The number of methoxy groups -OCH3 is 1. The Hall–Kier alpha value is -2.57. The van der Waals surface area contributed by atoms with Crippen molar-refractivity contribution in [2.75, 3.05) is 7.11 Å². The lowest BCUT2D eigenvalue weighted by Gasteiger charge is -2.10. The Bertz CT molecular complexity index is 752. The zero-order valence-electron chi connectivity index (χ0n) is 15.2. The molecule has 7 nitrogen and oxygen atoms in total. The van der Waals surface area contributed by atoms with Crippen molar-refractivity contribution in [3.05, 3.63) is 29.6 Å². The van der Waals surface area contributed by atoms with Gasteiger partial charge in [0.05, 0.1) is 30.8 Å². The van der Waals surface area contributed by atoms with Crippen molar-refractivity contribution < 1.29 is 19.1 Å². The molecule has 136 valence electrons. The molecule has 0 saturated carbocycles. The van der Waals surface area contributed by atoms with Gasteiger partial charge in [-0.05, 0) is 44.9 Å². The molecule has 1 N–H and O–H groups in total. The Labute approximate surface area is 147 Å². The fourth-order valence-corrected chi connectivity index (χ4v) is 2.62. The molecule has 0 radical (unpaired) electrons. The highest BCUT2D eigenvalue weighted by Gasteiger charge is 2.13. The maximum atomic E-state index is 11.7. The van der Waals surface area contributed by atoms with Gasteiger partial charge in [0.25, 0.3) is 0 Å². The number of esters is 1. The summed E-state index contributed by atoms with van der Waals surface area (Å²) >= 11 is 0. The van der Waals surface area contributed by atoms with E-state index in [1.54, 1.807) is 13.8 Å². The van der Waals surface area contributed by atoms with Crippen LogP contribution in [0.5, 0.6) is 0 Å². The number of aromatic nitrogens is 2. The summed E-state index contributed by atoms with van der Waals surface area (Å²) in [5.41, 5.74) is 2.89. The Morgan fingerprint density at radius 3 is 2.72 bits per heavy atom. The maximum absolute atomic E-state index is 11.7. The molecule has 0 atom stereocenters. The van der Waals surface area contributed by atoms with E-state index in [0.29, 0.717) is 19.4 Å². The molecule has 0 fully saturated rings. The average Bonchev–Trinajstić information content (AvgIpc) is 2.93. The lowest BCUT2D eigenvalue weighted by Crippen LogP contribution is -2.27. The highest BCUT2D eigenvalue weighted by molar-refractivity contribution is 5.77. The number of carbonyl (C=O) groups excluding carboxylic acids is 2. The molecule has 1 amide bonds. The normalized spacial score (nSPS) is 10.9. The molecule has 2 aromatic rings. The van der Waals surface area contributed by atoms with Gasteiger partial charge < -0.3 is 19.4 Å². The summed E-state index contributed by atoms with van der Waals surface area (Å²) in [6, 6.07) is 5.93. The maximum Gasteiger partial charge on any atom is 0.407 e. The monoisotopic (exact) mass is 347 g/mol. The topological polar surface area (TPSA) is 82.5 Å². The Morgan fingerprint density at radius 2 is 2.08 bits per heavy atom. The number of ether oxygens (including phenoxy) is 2. The van der Waals surface area contributed by atoms with Gasteiger partial charge in [-0.25, -0.2) is 9.78 Å². The smallest absolute Gasteiger partial charge is 0.407 e. The molecule has 1 aromatic heterocycles. The molecule has 0 unspecified atom stereocenters. The second-order valence-corrected chi connectivity index (χ2v) is 5.98. The second-order valence-electron chi connectivity index (χ2n) is 5.98. The van der Waals surface area contributed by atoms with Crippen LogP contribution in [0.15, 0.2) is 18.2 Å². The highest BCUT2D eigenvalue weighted by atomic mass is 16.6. The van der Waals surface area contributed by atoms with E-state index in [9.17, 15) is 9.59 Å². The number of fused-ring (bicyclic) bond motifs is 1. The first kappa shape index (κ1) is 18.8. The summed E-state index contributed by atoms with van der Waals surface area (Å²) in [4.78, 5) is 27.6. The molecule has 0 saturated heterocycles. The third-order valence-electron chi connectivity index (χ3n) is 3.79. The molecule has 0 bridgehead atoms. The van der Waals surface area contributed by atoms with E-state index in [0.717, 1.165) is 29.0 Å². The predicted octanol–water partition coefficient (Wildman–Crippen LogP) is 2.80. The summed E-state index contributed by atoms with van der Waals surface area (Å²) in [6.07, 6.45) is 0.342. The van der Waals surface area contributed by atoms with E-state index in [1.165, 1.54) is 7.11 Å². The number of hydrogen-bond acceptors (Lipinski definition) is 5. The predicted molar refractivity (Wildman–Crippen MR) is 94.2 cm³/mol. The minimum Gasteiger partial charge on any atom is -0.469 e. The van der Waals surface area contributed by atoms with Crippen molar-refractivity contribution >= 4 is 23.1 Å². The largest absolute Gasteiger partial charge is 0.469 e. The summed E-state index contributed by atoms with van der Waals surface area (Å²) in [6.45, 7) is 6.66. The quantitative estimate of drug-likeness (QED) is 0.779. The third-order valence-corrected chi connectivity index (χ3v) is 3.79. The number of amides is 1. The number of nitrogens with zero attached hydrogens (tertiary/aromatic N) is 2. The van der Waals surface area contributed by atoms with E-state index in [1.807, 2.05) is 29.7 Å². The summed E-state index contributed by atoms with van der Waals surface area (Å²) in [5, 5.41) is 2.72. The first-order valence-corrected chi connectivity index (χ1v) is 8.44. The number of imidazole rings is 1. The van der Waals surface area contributed by atoms with Crippen LogP contribution in [-0.2, 0) is 33.8 Å². The van der Waals surface area contributed by atoms with Crippen LogP contribution in [0.1, 0.15) is 38.6 Å². The zero-order valence-corrected chi connectivity index (χ0v) is 15.2. The van der Waals surface area contributed by atoms with E-state index < -0.39 is 6.09 Å². The fraction of sp³-hybridized carbons (Fsp3) is 0.500. The molecule has 7 heteroatoms. The Balaban J connectivity index is 2.16. The van der Waals surface area contributed by atoms with E-state index >= 15 is 0 Å². The van der Waals surface area contributed by atoms with Crippen LogP contribution in [0, 0.1) is 0 Å². The SMILES string of the molecule is CCn1c(CNC(=O)OC(C)C)nc2ccc(CCC(=O)OC)cc21. The van der Waals surface area contributed by atoms with E-state index in [2.05, 4.69) is 15.0 Å². The molecule has 0 aliphatic rings. The van der Waals surface area contributed by atoms with Gasteiger partial charge in [0.1, 0.15) is 5.82 Å². The minimum absolute atomic E-state index is 0.164. The first-order valence-electron chi connectivity index (χ1n) is 8.44. The van der Waals surface area contributed by atoms with Gasteiger partial charge in [0.2, 0.25) is 0 Å². The van der Waals surface area contributed by atoms with Gasteiger partial charge in [0.15, 0.2) is 0 Å². The molecule has 25 heavy (non-hydrogen) atoms. The minimum atomic E-state index is -0.455. The number of rotatable bonds is 7. The molecule has 1 aromatic carbocycles. The van der Waals surface area contributed by atoms with Crippen molar-refractivity contribution in [2.24, 2.45) is 0 Å². The van der Waals surface area contributed by atoms with Crippen LogP contribution < -0.4 is 5.32 Å². The van der Waals surface area contributed by atoms with Gasteiger partial charge in [-0.1, -0.05) is 6.07 Å². The first-order chi connectivity index (χ1) is 11.9. The van der Waals surface area contributed by atoms with Crippen molar-refractivity contribution in [2.45, 2.75) is 52.8 Å². The zero-order chi connectivity index (χ0) is 18.4. The van der Waals surface area contributed by atoms with Crippen LogP contribution in [0.3, 0.4) is 0 Å². The molecule has 0 aliphatic heterocycles. The summed E-state index contributed by atoms with van der Waals surface area (Å²) < 4.78 is 11.8. The number of carbonyl (C=O) groups is 2. The second kappa shape index (κ2) is 8.50.